The molecule has 0 bridgehead atoms. The first-order valence-corrected chi connectivity index (χ1v) is 5.22. The van der Waals surface area contributed by atoms with E-state index in [9.17, 15) is 0 Å². The summed E-state index contributed by atoms with van der Waals surface area (Å²) in [6.07, 6.45) is 1.63. The number of likely N-dealkylation sites (N-methyl/N-ethyl adjacent to an activating group) is 1. The van der Waals surface area contributed by atoms with Gasteiger partial charge in [0.1, 0.15) is 0 Å². The predicted molar refractivity (Wildman–Crippen MR) is 55.0 cm³/mol. The Morgan fingerprint density at radius 2 is 2.31 bits per heavy atom. The SMILES string of the molecule is CC(C)OCCNC1CCN(C)C1. The van der Waals surface area contributed by atoms with Gasteiger partial charge in [0, 0.05) is 19.1 Å². The molecule has 0 aromatic heterocycles. The summed E-state index contributed by atoms with van der Waals surface area (Å²) in [5.74, 6) is 0. The quantitative estimate of drug-likeness (QED) is 0.640. The lowest BCUT2D eigenvalue weighted by Crippen LogP contribution is -2.34. The van der Waals surface area contributed by atoms with Gasteiger partial charge in [-0.3, -0.25) is 0 Å². The van der Waals surface area contributed by atoms with Crippen molar-refractivity contribution in [2.45, 2.75) is 32.4 Å². The van der Waals surface area contributed by atoms with E-state index >= 15 is 0 Å². The lowest BCUT2D eigenvalue weighted by molar-refractivity contribution is 0.0795. The largest absolute Gasteiger partial charge is 0.377 e. The maximum absolute atomic E-state index is 5.45. The first-order valence-electron chi connectivity index (χ1n) is 5.22. The van der Waals surface area contributed by atoms with E-state index in [0.29, 0.717) is 12.1 Å². The molecule has 0 saturated carbocycles. The molecule has 3 nitrogen and oxygen atoms in total. The van der Waals surface area contributed by atoms with E-state index < -0.39 is 0 Å². The van der Waals surface area contributed by atoms with Crippen LogP contribution in [0.4, 0.5) is 0 Å². The van der Waals surface area contributed by atoms with E-state index in [1.807, 2.05) is 0 Å². The van der Waals surface area contributed by atoms with Crippen molar-refractivity contribution < 1.29 is 4.74 Å². The van der Waals surface area contributed by atoms with Crippen LogP contribution in [0.15, 0.2) is 0 Å². The Labute approximate surface area is 81.4 Å². The molecule has 0 aromatic rings. The Bertz CT molecular complexity index is 139. The number of likely N-dealkylation sites (tertiary alicyclic amines) is 1. The number of nitrogens with one attached hydrogen (secondary N) is 1. The summed E-state index contributed by atoms with van der Waals surface area (Å²) in [4.78, 5) is 2.36. The smallest absolute Gasteiger partial charge is 0.0594 e. The molecule has 1 saturated heterocycles. The fraction of sp³-hybridized carbons (Fsp3) is 1.00. The third kappa shape index (κ3) is 4.60. The second kappa shape index (κ2) is 5.58. The maximum atomic E-state index is 5.45. The molecule has 1 fully saturated rings. The molecule has 3 heteroatoms. The third-order valence-electron chi connectivity index (χ3n) is 2.38. The minimum absolute atomic E-state index is 0.355. The average molecular weight is 186 g/mol. The van der Waals surface area contributed by atoms with Crippen LogP contribution in [-0.4, -0.2) is 50.3 Å². The van der Waals surface area contributed by atoms with Gasteiger partial charge in [0.15, 0.2) is 0 Å². The summed E-state index contributed by atoms with van der Waals surface area (Å²) >= 11 is 0. The summed E-state index contributed by atoms with van der Waals surface area (Å²) in [5, 5.41) is 3.50. The highest BCUT2D eigenvalue weighted by atomic mass is 16.5. The van der Waals surface area contributed by atoms with E-state index in [0.717, 1.165) is 13.2 Å². The average Bonchev–Trinajstić information content (AvgIpc) is 2.45. The first-order chi connectivity index (χ1) is 6.18. The normalized spacial score (nSPS) is 24.5. The molecule has 1 N–H and O–H groups in total. The van der Waals surface area contributed by atoms with Gasteiger partial charge in [0.05, 0.1) is 12.7 Å². The standard InChI is InChI=1S/C10H22N2O/c1-9(2)13-7-5-11-10-4-6-12(3)8-10/h9-11H,4-8H2,1-3H3. The van der Waals surface area contributed by atoms with E-state index in [2.05, 4.69) is 31.1 Å². The maximum Gasteiger partial charge on any atom is 0.0594 e. The van der Waals surface area contributed by atoms with Crippen LogP contribution in [0.5, 0.6) is 0 Å². The van der Waals surface area contributed by atoms with E-state index in [4.69, 9.17) is 4.74 Å². The molecule has 78 valence electrons. The van der Waals surface area contributed by atoms with Gasteiger partial charge in [-0.05, 0) is 33.9 Å². The molecule has 1 unspecified atom stereocenters. The molecule has 0 radical (unpaired) electrons. The molecule has 1 atom stereocenters. The number of nitrogens with zero attached hydrogens (tertiary/aromatic N) is 1. The molecule has 0 spiro atoms. The van der Waals surface area contributed by atoms with E-state index in [-0.39, 0.29) is 0 Å². The number of hydrogen-bond acceptors (Lipinski definition) is 3. The van der Waals surface area contributed by atoms with Crippen LogP contribution in [0.3, 0.4) is 0 Å². The van der Waals surface area contributed by atoms with Crippen molar-refractivity contribution in [1.29, 1.82) is 0 Å². The van der Waals surface area contributed by atoms with Crippen LogP contribution >= 0.6 is 0 Å². The lowest BCUT2D eigenvalue weighted by atomic mass is 10.3. The van der Waals surface area contributed by atoms with E-state index in [1.54, 1.807) is 0 Å². The van der Waals surface area contributed by atoms with Crippen LogP contribution in [0.2, 0.25) is 0 Å². The van der Waals surface area contributed by atoms with Crippen LogP contribution in [-0.2, 0) is 4.74 Å². The van der Waals surface area contributed by atoms with Crippen molar-refractivity contribution >= 4 is 0 Å². The number of ether oxygens (including phenoxy) is 1. The topological polar surface area (TPSA) is 24.5 Å². The first kappa shape index (κ1) is 11.0. The predicted octanol–water partition coefficient (Wildman–Crippen LogP) is 0.705. The zero-order chi connectivity index (χ0) is 9.68. The van der Waals surface area contributed by atoms with Crippen molar-refractivity contribution in [3.05, 3.63) is 0 Å². The van der Waals surface area contributed by atoms with Gasteiger partial charge >= 0.3 is 0 Å². The van der Waals surface area contributed by atoms with Gasteiger partial charge in [-0.15, -0.1) is 0 Å². The molecule has 0 amide bonds. The Kier molecular flexibility index (Phi) is 4.70. The van der Waals surface area contributed by atoms with Gasteiger partial charge in [-0.2, -0.15) is 0 Å². The van der Waals surface area contributed by atoms with Crippen LogP contribution in [0.25, 0.3) is 0 Å². The lowest BCUT2D eigenvalue weighted by Gasteiger charge is -2.13. The van der Waals surface area contributed by atoms with Crippen molar-refractivity contribution in [2.75, 3.05) is 33.3 Å². The molecule has 0 aromatic carbocycles. The monoisotopic (exact) mass is 186 g/mol. The zero-order valence-corrected chi connectivity index (χ0v) is 9.05. The Morgan fingerprint density at radius 1 is 1.54 bits per heavy atom. The highest BCUT2D eigenvalue weighted by Gasteiger charge is 2.17. The molecule has 1 rings (SSSR count). The van der Waals surface area contributed by atoms with Crippen molar-refractivity contribution in [2.24, 2.45) is 0 Å². The zero-order valence-electron chi connectivity index (χ0n) is 9.05. The van der Waals surface area contributed by atoms with Crippen LogP contribution in [0.1, 0.15) is 20.3 Å². The molecular weight excluding hydrogens is 164 g/mol. The number of rotatable bonds is 5. The summed E-state index contributed by atoms with van der Waals surface area (Å²) in [5.41, 5.74) is 0. The summed E-state index contributed by atoms with van der Waals surface area (Å²) in [6.45, 7) is 8.37. The summed E-state index contributed by atoms with van der Waals surface area (Å²) in [6, 6.07) is 0.681. The highest BCUT2D eigenvalue weighted by Crippen LogP contribution is 2.05. The van der Waals surface area contributed by atoms with Gasteiger partial charge in [0.2, 0.25) is 0 Å². The Morgan fingerprint density at radius 3 is 2.85 bits per heavy atom. The van der Waals surface area contributed by atoms with Crippen LogP contribution < -0.4 is 5.32 Å². The molecule has 0 aliphatic carbocycles. The second-order valence-corrected chi connectivity index (χ2v) is 4.12. The number of hydrogen-bond donors (Lipinski definition) is 1. The Balaban J connectivity index is 1.94. The molecular formula is C10H22N2O. The molecule has 13 heavy (non-hydrogen) atoms. The van der Waals surface area contributed by atoms with Crippen molar-refractivity contribution in [3.63, 3.8) is 0 Å². The van der Waals surface area contributed by atoms with Crippen molar-refractivity contribution in [1.82, 2.24) is 10.2 Å². The highest BCUT2D eigenvalue weighted by molar-refractivity contribution is 4.78. The molecule has 1 heterocycles. The van der Waals surface area contributed by atoms with Crippen LogP contribution in [0, 0.1) is 0 Å². The van der Waals surface area contributed by atoms with Gasteiger partial charge in [0.25, 0.3) is 0 Å². The minimum Gasteiger partial charge on any atom is -0.377 e. The summed E-state index contributed by atoms with van der Waals surface area (Å²) in [7, 11) is 2.17. The third-order valence-corrected chi connectivity index (χ3v) is 2.38. The van der Waals surface area contributed by atoms with Gasteiger partial charge in [-0.1, -0.05) is 0 Å². The Hall–Kier alpha value is -0.120. The van der Waals surface area contributed by atoms with Gasteiger partial charge < -0.3 is 15.0 Å². The molecule has 1 aliphatic rings. The van der Waals surface area contributed by atoms with Gasteiger partial charge in [-0.25, -0.2) is 0 Å². The van der Waals surface area contributed by atoms with E-state index in [1.165, 1.54) is 19.5 Å². The fourth-order valence-electron chi connectivity index (χ4n) is 1.66. The minimum atomic E-state index is 0.355. The fourth-order valence-corrected chi connectivity index (χ4v) is 1.66. The summed E-state index contributed by atoms with van der Waals surface area (Å²) < 4.78 is 5.45. The second-order valence-electron chi connectivity index (χ2n) is 4.12. The molecule has 1 aliphatic heterocycles. The van der Waals surface area contributed by atoms with Crippen molar-refractivity contribution in [3.8, 4) is 0 Å².